The molecule has 0 saturated carbocycles. The summed E-state index contributed by atoms with van der Waals surface area (Å²) in [4.78, 5) is 12.5. The average molecular weight is 405 g/mol. The van der Waals surface area contributed by atoms with Crippen molar-refractivity contribution in [2.45, 2.75) is 6.42 Å². The molecule has 26 heavy (non-hydrogen) atoms. The Labute approximate surface area is 158 Å². The Hall–Kier alpha value is -3.24. The number of benzene rings is 2. The number of anilines is 1. The second kappa shape index (κ2) is 6.58. The van der Waals surface area contributed by atoms with Gasteiger partial charge in [-0.15, -0.1) is 5.10 Å². The fourth-order valence-electron chi connectivity index (χ4n) is 2.73. The first-order valence-corrected chi connectivity index (χ1v) is 8.67. The van der Waals surface area contributed by atoms with Crippen molar-refractivity contribution in [3.8, 4) is 11.3 Å². The van der Waals surface area contributed by atoms with E-state index in [1.54, 1.807) is 12.1 Å². The number of hydrogen-bond acceptors (Lipinski definition) is 4. The molecule has 0 atom stereocenters. The van der Waals surface area contributed by atoms with Crippen molar-refractivity contribution < 1.29 is 0 Å². The van der Waals surface area contributed by atoms with Gasteiger partial charge in [0.05, 0.1) is 12.3 Å². The predicted octanol–water partition coefficient (Wildman–Crippen LogP) is 4.28. The lowest BCUT2D eigenvalue weighted by atomic mass is 10.1. The van der Waals surface area contributed by atoms with Crippen LogP contribution in [0.4, 0.5) is 11.6 Å². The van der Waals surface area contributed by atoms with Gasteiger partial charge in [-0.3, -0.25) is 0 Å². The zero-order valence-corrected chi connectivity index (χ0v) is 15.2. The summed E-state index contributed by atoms with van der Waals surface area (Å²) < 4.78 is 2.55. The normalized spacial score (nSPS) is 10.8. The molecule has 0 aliphatic heterocycles. The molecule has 0 radical (unpaired) electrons. The Morgan fingerprint density at radius 1 is 1.08 bits per heavy atom. The summed E-state index contributed by atoms with van der Waals surface area (Å²) in [7, 11) is 0. The minimum absolute atomic E-state index is 0.261. The number of aromatic nitrogens is 4. The van der Waals surface area contributed by atoms with Gasteiger partial charge in [0.15, 0.2) is 17.2 Å². The quantitative estimate of drug-likeness (QED) is 0.517. The Morgan fingerprint density at radius 2 is 1.92 bits per heavy atom. The van der Waals surface area contributed by atoms with E-state index in [0.29, 0.717) is 29.3 Å². The van der Waals surface area contributed by atoms with Crippen LogP contribution < -0.4 is 5.73 Å². The third-order valence-electron chi connectivity index (χ3n) is 3.97. The van der Waals surface area contributed by atoms with E-state index >= 15 is 0 Å². The Balaban J connectivity index is 1.76. The van der Waals surface area contributed by atoms with Gasteiger partial charge in [-0.1, -0.05) is 52.3 Å². The maximum atomic E-state index is 7.15. The molecule has 2 aromatic heterocycles. The number of hydrogen-bond donors (Lipinski definition) is 1. The minimum atomic E-state index is 0.261. The molecule has 0 spiro atoms. The summed E-state index contributed by atoms with van der Waals surface area (Å²) in [5.74, 6) is 0.925. The zero-order chi connectivity index (χ0) is 18.1. The molecule has 126 valence electrons. The van der Waals surface area contributed by atoms with Crippen molar-refractivity contribution in [3.63, 3.8) is 0 Å². The molecule has 0 aliphatic carbocycles. The van der Waals surface area contributed by atoms with Crippen LogP contribution in [0.5, 0.6) is 0 Å². The van der Waals surface area contributed by atoms with E-state index < -0.39 is 0 Å². The highest BCUT2D eigenvalue weighted by Crippen LogP contribution is 2.25. The van der Waals surface area contributed by atoms with Crippen LogP contribution >= 0.6 is 15.9 Å². The molecule has 4 rings (SSSR count). The van der Waals surface area contributed by atoms with Crippen molar-refractivity contribution in [1.82, 2.24) is 19.6 Å². The second-order valence-electron chi connectivity index (χ2n) is 5.73. The van der Waals surface area contributed by atoms with E-state index in [0.717, 1.165) is 15.6 Å². The van der Waals surface area contributed by atoms with Crippen molar-refractivity contribution in [1.29, 1.82) is 0 Å². The van der Waals surface area contributed by atoms with E-state index in [4.69, 9.17) is 12.3 Å². The number of halogens is 1. The van der Waals surface area contributed by atoms with Crippen molar-refractivity contribution in [2.75, 3.05) is 5.73 Å². The lowest BCUT2D eigenvalue weighted by molar-refractivity contribution is 0.889. The molecule has 0 unspecified atom stereocenters. The van der Waals surface area contributed by atoms with Crippen LogP contribution in [-0.2, 0) is 6.42 Å². The molecule has 2 N–H and O–H groups in total. The molecule has 0 amide bonds. The Morgan fingerprint density at radius 3 is 2.73 bits per heavy atom. The van der Waals surface area contributed by atoms with Crippen LogP contribution in [0, 0.1) is 6.57 Å². The van der Waals surface area contributed by atoms with Gasteiger partial charge >= 0.3 is 0 Å². The maximum Gasteiger partial charge on any atom is 0.223 e. The fraction of sp³-hybridized carbons (Fsp3) is 0.0526. The van der Waals surface area contributed by atoms with Gasteiger partial charge in [0.25, 0.3) is 0 Å². The van der Waals surface area contributed by atoms with Gasteiger partial charge in [0, 0.05) is 17.0 Å². The van der Waals surface area contributed by atoms with Gasteiger partial charge < -0.3 is 5.73 Å². The number of nitrogens with two attached hydrogens (primary N) is 1. The first kappa shape index (κ1) is 16.2. The highest BCUT2D eigenvalue weighted by molar-refractivity contribution is 9.10. The standard InChI is InChI=1S/C19H13BrN6/c1-22-14-7-4-6-13(9-14)16-11-18-24-17(25-26(18)19(21)23-16)10-12-5-2-3-8-15(12)20/h2-9,11H,10H2,(H2,21,23). The third kappa shape index (κ3) is 3.03. The summed E-state index contributed by atoms with van der Waals surface area (Å²) in [5, 5.41) is 4.47. The average Bonchev–Trinajstić information content (AvgIpc) is 3.07. The van der Waals surface area contributed by atoms with Gasteiger partial charge in [0.1, 0.15) is 0 Å². The summed E-state index contributed by atoms with van der Waals surface area (Å²) in [6.07, 6.45) is 0.588. The van der Waals surface area contributed by atoms with Crippen LogP contribution in [-0.4, -0.2) is 19.6 Å². The molecule has 0 aliphatic rings. The monoisotopic (exact) mass is 404 g/mol. The van der Waals surface area contributed by atoms with Crippen LogP contribution in [0.25, 0.3) is 21.7 Å². The molecule has 0 saturated heterocycles. The van der Waals surface area contributed by atoms with E-state index in [-0.39, 0.29) is 5.95 Å². The molecule has 2 heterocycles. The summed E-state index contributed by atoms with van der Waals surface area (Å²) in [6, 6.07) is 17.1. The van der Waals surface area contributed by atoms with E-state index in [2.05, 4.69) is 35.8 Å². The summed E-state index contributed by atoms with van der Waals surface area (Å²) in [5.41, 5.74) is 9.85. The maximum absolute atomic E-state index is 7.15. The van der Waals surface area contributed by atoms with Gasteiger partial charge in [-0.25, -0.2) is 14.8 Å². The van der Waals surface area contributed by atoms with Crippen molar-refractivity contribution >= 4 is 33.2 Å². The van der Waals surface area contributed by atoms with Crippen LogP contribution in [0.1, 0.15) is 11.4 Å². The molecular formula is C19H13BrN6. The first-order valence-electron chi connectivity index (χ1n) is 7.87. The van der Waals surface area contributed by atoms with E-state index in [1.165, 1.54) is 4.52 Å². The zero-order valence-electron chi connectivity index (χ0n) is 13.6. The van der Waals surface area contributed by atoms with Gasteiger partial charge in [0.2, 0.25) is 5.95 Å². The highest BCUT2D eigenvalue weighted by Gasteiger charge is 2.12. The number of nitrogen functional groups attached to an aromatic ring is 1. The lowest BCUT2D eigenvalue weighted by Gasteiger charge is -2.04. The third-order valence-corrected chi connectivity index (χ3v) is 4.74. The lowest BCUT2D eigenvalue weighted by Crippen LogP contribution is -2.03. The molecule has 4 aromatic rings. The number of rotatable bonds is 3. The first-order chi connectivity index (χ1) is 12.6. The highest BCUT2D eigenvalue weighted by atomic mass is 79.9. The van der Waals surface area contributed by atoms with Crippen molar-refractivity contribution in [3.05, 3.63) is 81.9 Å². The van der Waals surface area contributed by atoms with E-state index in [9.17, 15) is 0 Å². The largest absolute Gasteiger partial charge is 0.368 e. The second-order valence-corrected chi connectivity index (χ2v) is 6.58. The van der Waals surface area contributed by atoms with Gasteiger partial charge in [-0.2, -0.15) is 4.52 Å². The summed E-state index contributed by atoms with van der Waals surface area (Å²) >= 11 is 3.54. The smallest absolute Gasteiger partial charge is 0.223 e. The number of nitrogens with zero attached hydrogens (tertiary/aromatic N) is 5. The minimum Gasteiger partial charge on any atom is -0.368 e. The van der Waals surface area contributed by atoms with E-state index in [1.807, 2.05) is 42.5 Å². The topological polar surface area (TPSA) is 73.5 Å². The van der Waals surface area contributed by atoms with Crippen LogP contribution in [0.15, 0.2) is 59.1 Å². The molecule has 7 heteroatoms. The SMILES string of the molecule is [C-]#[N+]c1cccc(-c2cc3nc(Cc4ccccc4Br)nn3c(N)n2)c1. The number of fused-ring (bicyclic) bond motifs is 1. The van der Waals surface area contributed by atoms with Crippen molar-refractivity contribution in [2.24, 2.45) is 0 Å². The molecule has 6 nitrogen and oxygen atoms in total. The molecule has 0 bridgehead atoms. The summed E-state index contributed by atoms with van der Waals surface area (Å²) in [6.45, 7) is 7.15. The molecular weight excluding hydrogens is 392 g/mol. The predicted molar refractivity (Wildman–Crippen MR) is 104 cm³/mol. The van der Waals surface area contributed by atoms with Crippen LogP contribution in [0.2, 0.25) is 0 Å². The van der Waals surface area contributed by atoms with Crippen LogP contribution in [0.3, 0.4) is 0 Å². The fourth-order valence-corrected chi connectivity index (χ4v) is 3.15. The molecule has 2 aromatic carbocycles. The Kier molecular flexibility index (Phi) is 4.11. The molecule has 0 fully saturated rings. The Bertz CT molecular complexity index is 1160. The van der Waals surface area contributed by atoms with Gasteiger partial charge in [-0.05, 0) is 23.3 Å².